The lowest BCUT2D eigenvalue weighted by atomic mass is 9.84. The number of rotatable bonds is 6. The van der Waals surface area contributed by atoms with E-state index in [1.54, 1.807) is 12.1 Å². The van der Waals surface area contributed by atoms with E-state index >= 15 is 0 Å². The smallest absolute Gasteiger partial charge is 0.0715 e. The number of carboxylic acids is 1. The highest BCUT2D eigenvalue weighted by atomic mass is 16.4. The highest BCUT2D eigenvalue weighted by Gasteiger charge is 2.18. The monoisotopic (exact) mass is 296 g/mol. The summed E-state index contributed by atoms with van der Waals surface area (Å²) in [5.41, 5.74) is 9.96. The van der Waals surface area contributed by atoms with Crippen molar-refractivity contribution in [3.8, 4) is 0 Å². The van der Waals surface area contributed by atoms with Gasteiger partial charge in [-0.2, -0.15) is 0 Å². The third-order valence-electron chi connectivity index (χ3n) is 4.08. The molecule has 1 unspecified atom stereocenters. The molecule has 0 saturated carbocycles. The molecule has 2 aromatic rings. The molecule has 3 heteroatoms. The minimum Gasteiger partial charge on any atom is -0.545 e. The van der Waals surface area contributed by atoms with Crippen LogP contribution in [0.1, 0.15) is 59.2 Å². The maximum atomic E-state index is 11.2. The van der Waals surface area contributed by atoms with E-state index in [1.165, 1.54) is 0 Å². The fourth-order valence-electron chi connectivity index (χ4n) is 2.83. The van der Waals surface area contributed by atoms with E-state index in [0.717, 1.165) is 36.0 Å². The van der Waals surface area contributed by atoms with Gasteiger partial charge in [0.15, 0.2) is 0 Å². The predicted molar refractivity (Wildman–Crippen MR) is 87.7 cm³/mol. The van der Waals surface area contributed by atoms with Crippen molar-refractivity contribution >= 4 is 11.7 Å². The molecule has 3 nitrogen and oxygen atoms in total. The summed E-state index contributed by atoms with van der Waals surface area (Å²) in [5.74, 6) is -1.05. The van der Waals surface area contributed by atoms with Gasteiger partial charge >= 0.3 is 0 Å². The first kappa shape index (κ1) is 16.1. The molecule has 0 spiro atoms. The van der Waals surface area contributed by atoms with Gasteiger partial charge in [0.25, 0.3) is 0 Å². The molecule has 0 radical (unpaired) electrons. The number of nitrogen functional groups attached to an aromatic ring is 1. The Kier molecular flexibility index (Phi) is 5.21. The average molecular weight is 296 g/mol. The zero-order chi connectivity index (χ0) is 16.1. The quantitative estimate of drug-likeness (QED) is 0.832. The molecular formula is C19H22NO2-. The molecule has 0 aliphatic rings. The van der Waals surface area contributed by atoms with Gasteiger partial charge in [-0.05, 0) is 47.7 Å². The molecule has 0 aliphatic carbocycles. The van der Waals surface area contributed by atoms with Crippen LogP contribution in [0.4, 0.5) is 5.69 Å². The van der Waals surface area contributed by atoms with Crippen LogP contribution in [0, 0.1) is 6.92 Å². The van der Waals surface area contributed by atoms with Crippen molar-refractivity contribution < 1.29 is 9.90 Å². The van der Waals surface area contributed by atoms with Crippen LogP contribution in [-0.4, -0.2) is 5.97 Å². The van der Waals surface area contributed by atoms with Gasteiger partial charge in [-0.1, -0.05) is 50.1 Å². The Morgan fingerprint density at radius 3 is 2.50 bits per heavy atom. The Balaban J connectivity index is 2.53. The molecule has 0 aromatic heterocycles. The Bertz CT molecular complexity index is 650. The third kappa shape index (κ3) is 3.48. The van der Waals surface area contributed by atoms with Crippen LogP contribution in [-0.2, 0) is 0 Å². The van der Waals surface area contributed by atoms with E-state index in [9.17, 15) is 9.90 Å². The molecule has 0 bridgehead atoms. The van der Waals surface area contributed by atoms with Crippen molar-refractivity contribution in [2.24, 2.45) is 0 Å². The molecule has 2 aromatic carbocycles. The van der Waals surface area contributed by atoms with Crippen LogP contribution >= 0.6 is 0 Å². The standard InChI is InChI=1S/C19H23NO2/c1-3-4-10-16(14-8-6-5-7-9-14)17-12-15(19(21)22)11-13(2)18(17)20/h5-9,11-12,16H,3-4,10,20H2,1-2H3,(H,21,22)/p-1. The number of carbonyl (C=O) groups excluding carboxylic acids is 1. The summed E-state index contributed by atoms with van der Waals surface area (Å²) in [7, 11) is 0. The number of carboxylic acid groups (broad SMARTS) is 1. The van der Waals surface area contributed by atoms with Crippen LogP contribution < -0.4 is 10.8 Å². The summed E-state index contributed by atoms with van der Waals surface area (Å²) in [6.07, 6.45) is 3.09. The summed E-state index contributed by atoms with van der Waals surface area (Å²) in [6, 6.07) is 13.4. The topological polar surface area (TPSA) is 66.1 Å². The van der Waals surface area contributed by atoms with Gasteiger partial charge in [0.05, 0.1) is 5.97 Å². The second-order valence-electron chi connectivity index (χ2n) is 5.69. The van der Waals surface area contributed by atoms with Crippen LogP contribution in [0.15, 0.2) is 42.5 Å². The van der Waals surface area contributed by atoms with Gasteiger partial charge in [-0.25, -0.2) is 0 Å². The second kappa shape index (κ2) is 7.12. The number of unbranched alkanes of at least 4 members (excludes halogenated alkanes) is 1. The average Bonchev–Trinajstić information content (AvgIpc) is 2.52. The molecule has 1 atom stereocenters. The minimum absolute atomic E-state index is 0.110. The van der Waals surface area contributed by atoms with E-state index in [1.807, 2.05) is 25.1 Å². The minimum atomic E-state index is -1.16. The molecule has 2 rings (SSSR count). The zero-order valence-corrected chi connectivity index (χ0v) is 13.1. The molecular weight excluding hydrogens is 274 g/mol. The van der Waals surface area contributed by atoms with Crippen LogP contribution in [0.5, 0.6) is 0 Å². The first-order valence-corrected chi connectivity index (χ1v) is 7.71. The van der Waals surface area contributed by atoms with E-state index < -0.39 is 5.97 Å². The maximum absolute atomic E-state index is 11.2. The highest BCUT2D eigenvalue weighted by molar-refractivity contribution is 5.87. The third-order valence-corrected chi connectivity index (χ3v) is 4.08. The lowest BCUT2D eigenvalue weighted by molar-refractivity contribution is -0.255. The molecule has 0 heterocycles. The number of aryl methyl sites for hydroxylation is 1. The lowest BCUT2D eigenvalue weighted by Gasteiger charge is -2.22. The van der Waals surface area contributed by atoms with Crippen molar-refractivity contribution in [3.63, 3.8) is 0 Å². The van der Waals surface area contributed by atoms with Crippen LogP contribution in [0.3, 0.4) is 0 Å². The van der Waals surface area contributed by atoms with Crippen molar-refractivity contribution in [1.82, 2.24) is 0 Å². The fraction of sp³-hybridized carbons (Fsp3) is 0.316. The molecule has 116 valence electrons. The molecule has 0 aliphatic heterocycles. The summed E-state index contributed by atoms with van der Waals surface area (Å²) >= 11 is 0. The Labute approximate surface area is 131 Å². The van der Waals surface area contributed by atoms with E-state index in [2.05, 4.69) is 19.1 Å². The normalized spacial score (nSPS) is 12.1. The molecule has 2 N–H and O–H groups in total. The maximum Gasteiger partial charge on any atom is 0.0715 e. The molecule has 0 saturated heterocycles. The SMILES string of the molecule is CCCCC(c1ccccc1)c1cc(C(=O)[O-])cc(C)c1N. The zero-order valence-electron chi connectivity index (χ0n) is 13.1. The predicted octanol–water partition coefficient (Wildman–Crippen LogP) is 3.26. The lowest BCUT2D eigenvalue weighted by Crippen LogP contribution is -2.23. The van der Waals surface area contributed by atoms with E-state index in [4.69, 9.17) is 5.73 Å². The highest BCUT2D eigenvalue weighted by Crippen LogP contribution is 2.35. The Hall–Kier alpha value is -2.29. The van der Waals surface area contributed by atoms with Crippen LogP contribution in [0.2, 0.25) is 0 Å². The number of hydrogen-bond donors (Lipinski definition) is 1. The van der Waals surface area contributed by atoms with Crippen molar-refractivity contribution in [2.75, 3.05) is 5.73 Å². The van der Waals surface area contributed by atoms with Crippen molar-refractivity contribution in [2.45, 2.75) is 39.0 Å². The van der Waals surface area contributed by atoms with Crippen molar-refractivity contribution in [1.29, 1.82) is 0 Å². The molecule has 0 fully saturated rings. The number of aromatic carboxylic acids is 1. The Morgan fingerprint density at radius 1 is 1.23 bits per heavy atom. The largest absolute Gasteiger partial charge is 0.545 e. The molecule has 0 amide bonds. The van der Waals surface area contributed by atoms with Gasteiger partial charge in [-0.3, -0.25) is 0 Å². The second-order valence-corrected chi connectivity index (χ2v) is 5.69. The number of hydrogen-bond acceptors (Lipinski definition) is 3. The van der Waals surface area contributed by atoms with Gasteiger partial charge in [0.1, 0.15) is 0 Å². The fourth-order valence-corrected chi connectivity index (χ4v) is 2.83. The molecule has 22 heavy (non-hydrogen) atoms. The number of benzene rings is 2. The number of anilines is 1. The number of carbonyl (C=O) groups is 1. The number of nitrogens with two attached hydrogens (primary N) is 1. The van der Waals surface area contributed by atoms with Crippen molar-refractivity contribution in [3.05, 3.63) is 64.7 Å². The van der Waals surface area contributed by atoms with Gasteiger partial charge in [-0.15, -0.1) is 0 Å². The Morgan fingerprint density at radius 2 is 1.91 bits per heavy atom. The van der Waals surface area contributed by atoms with Gasteiger partial charge in [0.2, 0.25) is 0 Å². The van der Waals surface area contributed by atoms with Gasteiger partial charge in [0, 0.05) is 11.6 Å². The van der Waals surface area contributed by atoms with E-state index in [0.29, 0.717) is 5.69 Å². The summed E-state index contributed by atoms with van der Waals surface area (Å²) in [4.78, 5) is 11.2. The summed E-state index contributed by atoms with van der Waals surface area (Å²) in [6.45, 7) is 3.99. The van der Waals surface area contributed by atoms with Gasteiger partial charge < -0.3 is 15.6 Å². The summed E-state index contributed by atoms with van der Waals surface area (Å²) in [5, 5.41) is 11.2. The first-order chi connectivity index (χ1) is 10.5. The van der Waals surface area contributed by atoms with E-state index in [-0.39, 0.29) is 11.5 Å². The summed E-state index contributed by atoms with van der Waals surface area (Å²) < 4.78 is 0. The van der Waals surface area contributed by atoms with Crippen LogP contribution in [0.25, 0.3) is 0 Å². The first-order valence-electron chi connectivity index (χ1n) is 7.71.